The second-order valence-electron chi connectivity index (χ2n) is 3.88. The van der Waals surface area contributed by atoms with Crippen molar-refractivity contribution in [1.29, 1.82) is 0 Å². The number of benzene rings is 1. The fourth-order valence-electron chi connectivity index (χ4n) is 1.51. The molecule has 0 aliphatic heterocycles. The van der Waals surface area contributed by atoms with E-state index >= 15 is 0 Å². The van der Waals surface area contributed by atoms with Gasteiger partial charge in [0.2, 0.25) is 5.28 Å². The van der Waals surface area contributed by atoms with Crippen LogP contribution in [0.1, 0.15) is 5.56 Å². The van der Waals surface area contributed by atoms with Crippen molar-refractivity contribution in [3.63, 3.8) is 0 Å². The number of nitrogens with one attached hydrogen (secondary N) is 1. The molecule has 0 amide bonds. The third kappa shape index (κ3) is 5.05. The predicted molar refractivity (Wildman–Crippen MR) is 75.2 cm³/mol. The first-order chi connectivity index (χ1) is 9.83. The van der Waals surface area contributed by atoms with Gasteiger partial charge in [0.1, 0.15) is 11.6 Å². The lowest BCUT2D eigenvalue weighted by Crippen LogP contribution is -2.17. The molecule has 0 unspecified atom stereocenters. The van der Waals surface area contributed by atoms with E-state index in [0.717, 1.165) is 0 Å². The summed E-state index contributed by atoms with van der Waals surface area (Å²) in [5, 5.41) is 3.01. The number of rotatable bonds is 4. The van der Waals surface area contributed by atoms with Crippen LogP contribution in [-0.2, 0) is 6.54 Å². The molecule has 1 heterocycles. The van der Waals surface area contributed by atoms with Crippen LogP contribution in [0.4, 0.5) is 19.0 Å². The molecule has 0 saturated carbocycles. The van der Waals surface area contributed by atoms with Gasteiger partial charge in [-0.1, -0.05) is 12.1 Å². The lowest BCUT2D eigenvalue weighted by Gasteiger charge is -2.11. The van der Waals surface area contributed by atoms with Crippen molar-refractivity contribution in [2.45, 2.75) is 12.9 Å². The Morgan fingerprint density at radius 3 is 2.81 bits per heavy atom. The number of anilines is 1. The van der Waals surface area contributed by atoms with Crippen LogP contribution in [-0.4, -0.2) is 16.3 Å². The van der Waals surface area contributed by atoms with Crippen LogP contribution < -0.4 is 10.1 Å². The lowest BCUT2D eigenvalue weighted by atomic mass is 10.2. The van der Waals surface area contributed by atoms with Gasteiger partial charge in [-0.15, -0.1) is 13.2 Å². The highest BCUT2D eigenvalue weighted by atomic mass is 79.9. The fourth-order valence-corrected chi connectivity index (χ4v) is 1.97. The zero-order valence-electron chi connectivity index (χ0n) is 10.3. The minimum Gasteiger partial charge on any atom is -0.406 e. The molecular formula is C12H8BrClF3N3O. The van der Waals surface area contributed by atoms with E-state index in [2.05, 4.69) is 36.0 Å². The third-order valence-corrected chi connectivity index (χ3v) is 3.07. The van der Waals surface area contributed by atoms with Gasteiger partial charge in [-0.3, -0.25) is 0 Å². The van der Waals surface area contributed by atoms with Crippen LogP contribution in [0.2, 0.25) is 5.28 Å². The summed E-state index contributed by atoms with van der Waals surface area (Å²) in [5.41, 5.74) is 0.596. The molecule has 1 aromatic heterocycles. The van der Waals surface area contributed by atoms with Gasteiger partial charge >= 0.3 is 6.36 Å². The first kappa shape index (κ1) is 15.8. The number of nitrogens with zero attached hydrogens (tertiary/aromatic N) is 2. The van der Waals surface area contributed by atoms with Gasteiger partial charge < -0.3 is 10.1 Å². The summed E-state index contributed by atoms with van der Waals surface area (Å²) in [6.07, 6.45) is -3.24. The van der Waals surface area contributed by atoms with Crippen molar-refractivity contribution in [3.8, 4) is 5.75 Å². The molecule has 4 nitrogen and oxygen atoms in total. The zero-order valence-corrected chi connectivity index (χ0v) is 12.6. The van der Waals surface area contributed by atoms with Gasteiger partial charge in [-0.2, -0.15) is 4.98 Å². The number of ether oxygens (including phenoxy) is 1. The third-order valence-electron chi connectivity index (χ3n) is 2.31. The predicted octanol–water partition coefficient (Wildman–Crippen LogP) is 4.40. The van der Waals surface area contributed by atoms with Gasteiger partial charge in [-0.05, 0) is 45.2 Å². The summed E-state index contributed by atoms with van der Waals surface area (Å²) >= 11 is 8.91. The average Bonchev–Trinajstić information content (AvgIpc) is 2.38. The number of alkyl halides is 3. The standard InChI is InChI=1S/C12H8BrClF3N3O/c13-9-6-19-11(14)20-10(9)18-5-7-2-1-3-8(4-7)21-12(15,16)17/h1-4,6H,5H2,(H,18,19,20). The molecule has 1 aromatic carbocycles. The maximum atomic E-state index is 12.1. The van der Waals surface area contributed by atoms with E-state index in [1.165, 1.54) is 24.4 Å². The van der Waals surface area contributed by atoms with E-state index in [1.807, 2.05) is 0 Å². The highest BCUT2D eigenvalue weighted by Crippen LogP contribution is 2.24. The maximum Gasteiger partial charge on any atom is 0.573 e. The van der Waals surface area contributed by atoms with E-state index in [9.17, 15) is 13.2 Å². The molecule has 1 N–H and O–H groups in total. The second kappa shape index (κ2) is 6.48. The second-order valence-corrected chi connectivity index (χ2v) is 5.08. The van der Waals surface area contributed by atoms with Gasteiger partial charge in [0.05, 0.1) is 4.47 Å². The largest absolute Gasteiger partial charge is 0.573 e. The van der Waals surface area contributed by atoms with Crippen LogP contribution in [0.3, 0.4) is 0 Å². The Kier molecular flexibility index (Phi) is 4.89. The summed E-state index contributed by atoms with van der Waals surface area (Å²) in [6, 6.07) is 5.65. The first-order valence-corrected chi connectivity index (χ1v) is 6.77. The molecule has 0 atom stereocenters. The van der Waals surface area contributed by atoms with E-state index < -0.39 is 6.36 Å². The summed E-state index contributed by atoms with van der Waals surface area (Å²) < 4.78 is 40.9. The van der Waals surface area contributed by atoms with Crippen molar-refractivity contribution >= 4 is 33.3 Å². The van der Waals surface area contributed by atoms with Crippen LogP contribution in [0.5, 0.6) is 5.75 Å². The van der Waals surface area contributed by atoms with Gasteiger partial charge in [0.25, 0.3) is 0 Å². The molecule has 0 fully saturated rings. The summed E-state index contributed by atoms with van der Waals surface area (Å²) in [4.78, 5) is 7.73. The molecule has 0 aliphatic rings. The Balaban J connectivity index is 2.06. The molecule has 0 radical (unpaired) electrons. The Labute approximate surface area is 131 Å². The smallest absolute Gasteiger partial charge is 0.406 e. The molecule has 2 rings (SSSR count). The monoisotopic (exact) mass is 381 g/mol. The van der Waals surface area contributed by atoms with Crippen LogP contribution >= 0.6 is 27.5 Å². The molecule has 112 valence electrons. The Morgan fingerprint density at radius 1 is 1.33 bits per heavy atom. The van der Waals surface area contributed by atoms with E-state index in [0.29, 0.717) is 15.9 Å². The molecule has 0 saturated heterocycles. The van der Waals surface area contributed by atoms with Crippen molar-refractivity contribution < 1.29 is 17.9 Å². The van der Waals surface area contributed by atoms with Crippen LogP contribution in [0.25, 0.3) is 0 Å². The molecule has 9 heteroatoms. The quantitative estimate of drug-likeness (QED) is 0.796. The fraction of sp³-hybridized carbons (Fsp3) is 0.167. The van der Waals surface area contributed by atoms with Crippen molar-refractivity contribution in [1.82, 2.24) is 9.97 Å². The van der Waals surface area contributed by atoms with Crippen molar-refractivity contribution in [2.75, 3.05) is 5.32 Å². The first-order valence-electron chi connectivity index (χ1n) is 5.60. The SMILES string of the molecule is FC(F)(F)Oc1cccc(CNc2nc(Cl)ncc2Br)c1. The molecule has 21 heavy (non-hydrogen) atoms. The van der Waals surface area contributed by atoms with E-state index in [1.54, 1.807) is 6.07 Å². The van der Waals surface area contributed by atoms with Crippen LogP contribution in [0, 0.1) is 0 Å². The van der Waals surface area contributed by atoms with Gasteiger partial charge in [0.15, 0.2) is 0 Å². The summed E-state index contributed by atoms with van der Waals surface area (Å²) in [6.45, 7) is 0.251. The van der Waals surface area contributed by atoms with E-state index in [4.69, 9.17) is 11.6 Å². The molecule has 0 bridgehead atoms. The van der Waals surface area contributed by atoms with Gasteiger partial charge in [-0.25, -0.2) is 4.98 Å². The van der Waals surface area contributed by atoms with Gasteiger partial charge in [0, 0.05) is 12.7 Å². The molecule has 2 aromatic rings. The highest BCUT2D eigenvalue weighted by molar-refractivity contribution is 9.10. The number of hydrogen-bond acceptors (Lipinski definition) is 4. The lowest BCUT2D eigenvalue weighted by molar-refractivity contribution is -0.274. The van der Waals surface area contributed by atoms with E-state index in [-0.39, 0.29) is 17.6 Å². The molecule has 0 spiro atoms. The minimum absolute atomic E-state index is 0.0647. The molecule has 0 aliphatic carbocycles. The zero-order chi connectivity index (χ0) is 15.5. The number of halogens is 5. The van der Waals surface area contributed by atoms with Crippen molar-refractivity contribution in [2.24, 2.45) is 0 Å². The topological polar surface area (TPSA) is 47.0 Å². The highest BCUT2D eigenvalue weighted by Gasteiger charge is 2.31. The Hall–Kier alpha value is -1.54. The maximum absolute atomic E-state index is 12.1. The van der Waals surface area contributed by atoms with Crippen molar-refractivity contribution in [3.05, 3.63) is 45.8 Å². The Morgan fingerprint density at radius 2 is 2.10 bits per heavy atom. The number of aromatic nitrogens is 2. The summed E-state index contributed by atoms with van der Waals surface area (Å²) in [5.74, 6) is 0.165. The van der Waals surface area contributed by atoms with Crippen LogP contribution in [0.15, 0.2) is 34.9 Å². The molecular weight excluding hydrogens is 375 g/mol. The Bertz CT molecular complexity index is 639. The minimum atomic E-state index is -4.71. The normalized spacial score (nSPS) is 11.3. The average molecular weight is 383 g/mol. The summed E-state index contributed by atoms with van der Waals surface area (Å²) in [7, 11) is 0. The number of hydrogen-bond donors (Lipinski definition) is 1.